The van der Waals surface area contributed by atoms with E-state index in [1.165, 1.54) is 11.3 Å². The first-order chi connectivity index (χ1) is 12.3. The van der Waals surface area contributed by atoms with Gasteiger partial charge in [0.2, 0.25) is 0 Å². The van der Waals surface area contributed by atoms with Crippen molar-refractivity contribution < 1.29 is 4.79 Å². The van der Waals surface area contributed by atoms with Crippen molar-refractivity contribution in [3.8, 4) is 0 Å². The predicted molar refractivity (Wildman–Crippen MR) is 97.1 cm³/mol. The van der Waals surface area contributed by atoms with Crippen molar-refractivity contribution in [3.63, 3.8) is 0 Å². The number of amides is 1. The van der Waals surface area contributed by atoms with Gasteiger partial charge in [0.25, 0.3) is 5.91 Å². The number of carbonyl (C=O) groups is 1. The minimum absolute atomic E-state index is 0.0303. The summed E-state index contributed by atoms with van der Waals surface area (Å²) in [6.45, 7) is 5.64. The van der Waals surface area contributed by atoms with Crippen molar-refractivity contribution in [1.82, 2.24) is 24.3 Å². The molecule has 128 valence electrons. The number of thiazole rings is 1. The summed E-state index contributed by atoms with van der Waals surface area (Å²) in [4.78, 5) is 28.7. The Morgan fingerprint density at radius 2 is 2.24 bits per heavy atom. The number of nitrogens with zero attached hydrogens (tertiary/aromatic N) is 5. The van der Waals surface area contributed by atoms with E-state index in [1.54, 1.807) is 18.6 Å². The summed E-state index contributed by atoms with van der Waals surface area (Å²) in [5.74, 6) is 0.805. The van der Waals surface area contributed by atoms with Gasteiger partial charge < -0.3 is 10.2 Å². The highest BCUT2D eigenvalue weighted by Gasteiger charge is 2.24. The molecule has 4 rings (SSSR count). The third-order valence-electron chi connectivity index (χ3n) is 4.30. The fraction of sp³-hybridized carbons (Fsp3) is 0.294. The smallest absolute Gasteiger partial charge is 0.274 e. The fourth-order valence-corrected chi connectivity index (χ4v) is 3.74. The van der Waals surface area contributed by atoms with Crippen molar-refractivity contribution in [2.24, 2.45) is 0 Å². The van der Waals surface area contributed by atoms with Crippen LogP contribution in [0.25, 0.3) is 4.96 Å². The van der Waals surface area contributed by atoms with E-state index in [4.69, 9.17) is 0 Å². The number of rotatable bonds is 4. The second-order valence-corrected chi connectivity index (χ2v) is 6.70. The zero-order valence-electron chi connectivity index (χ0n) is 13.7. The lowest BCUT2D eigenvalue weighted by Gasteiger charge is -2.18. The van der Waals surface area contributed by atoms with Crippen LogP contribution in [0.15, 0.2) is 36.8 Å². The zero-order chi connectivity index (χ0) is 17.2. The maximum absolute atomic E-state index is 12.8. The molecule has 7 nitrogen and oxygen atoms in total. The van der Waals surface area contributed by atoms with Crippen LogP contribution in [0.5, 0.6) is 0 Å². The molecule has 1 aliphatic heterocycles. The molecule has 0 saturated heterocycles. The van der Waals surface area contributed by atoms with Gasteiger partial charge in [-0.2, -0.15) is 0 Å². The van der Waals surface area contributed by atoms with Gasteiger partial charge in [0, 0.05) is 49.4 Å². The van der Waals surface area contributed by atoms with Crippen molar-refractivity contribution in [2.75, 3.05) is 25.0 Å². The summed E-state index contributed by atoms with van der Waals surface area (Å²) in [5.41, 5.74) is 2.59. The molecule has 3 aromatic rings. The van der Waals surface area contributed by atoms with Crippen molar-refractivity contribution in [2.45, 2.75) is 12.8 Å². The van der Waals surface area contributed by atoms with Crippen LogP contribution in [0.1, 0.15) is 21.7 Å². The van der Waals surface area contributed by atoms with Crippen LogP contribution in [0, 0.1) is 0 Å². The largest absolute Gasteiger partial charge is 0.366 e. The molecule has 0 fully saturated rings. The van der Waals surface area contributed by atoms with Gasteiger partial charge in [-0.25, -0.2) is 15.0 Å². The third kappa shape index (κ3) is 3.00. The van der Waals surface area contributed by atoms with Crippen molar-refractivity contribution in [3.05, 3.63) is 53.7 Å². The Bertz CT molecular complexity index is 902. The number of nitrogens with one attached hydrogen (secondary N) is 1. The van der Waals surface area contributed by atoms with E-state index in [2.05, 4.69) is 26.8 Å². The van der Waals surface area contributed by atoms with Gasteiger partial charge >= 0.3 is 0 Å². The molecular weight excluding hydrogens is 336 g/mol. The molecule has 3 aromatic heterocycles. The Hall–Kier alpha value is -2.74. The lowest BCUT2D eigenvalue weighted by molar-refractivity contribution is 0.0758. The van der Waals surface area contributed by atoms with Crippen molar-refractivity contribution in [1.29, 1.82) is 0 Å². The molecule has 4 heterocycles. The first-order valence-electron chi connectivity index (χ1n) is 8.15. The zero-order valence-corrected chi connectivity index (χ0v) is 14.5. The highest BCUT2D eigenvalue weighted by atomic mass is 32.1. The number of hydrogen-bond donors (Lipinski definition) is 1. The van der Waals surface area contributed by atoms with Gasteiger partial charge in [-0.1, -0.05) is 6.08 Å². The first-order valence-corrected chi connectivity index (χ1v) is 9.03. The number of aromatic nitrogens is 4. The number of carbonyl (C=O) groups excluding carboxylic acids is 1. The summed E-state index contributed by atoms with van der Waals surface area (Å²) in [6.07, 6.45) is 8.52. The summed E-state index contributed by atoms with van der Waals surface area (Å²) in [7, 11) is 0. The highest BCUT2D eigenvalue weighted by molar-refractivity contribution is 7.15. The molecule has 0 unspecified atom stereocenters. The van der Waals surface area contributed by atoms with Crippen LogP contribution in [0.4, 0.5) is 5.82 Å². The average molecular weight is 354 g/mol. The minimum Gasteiger partial charge on any atom is -0.366 e. The van der Waals surface area contributed by atoms with Crippen LogP contribution in [0.2, 0.25) is 0 Å². The summed E-state index contributed by atoms with van der Waals surface area (Å²) in [5, 5.41) is 5.21. The second kappa shape index (κ2) is 6.64. The van der Waals surface area contributed by atoms with Gasteiger partial charge in [-0.05, 0) is 6.42 Å². The molecular formula is C17H18N6OS. The molecule has 8 heteroatoms. The van der Waals surface area contributed by atoms with Crippen LogP contribution in [0.3, 0.4) is 0 Å². The maximum Gasteiger partial charge on any atom is 0.274 e. The molecule has 25 heavy (non-hydrogen) atoms. The van der Waals surface area contributed by atoms with Crippen LogP contribution in [-0.4, -0.2) is 49.8 Å². The molecule has 0 spiro atoms. The van der Waals surface area contributed by atoms with Gasteiger partial charge in [-0.3, -0.25) is 9.20 Å². The number of fused-ring (bicyclic) bond motifs is 2. The van der Waals surface area contributed by atoms with Crippen LogP contribution >= 0.6 is 11.3 Å². The van der Waals surface area contributed by atoms with Gasteiger partial charge in [0.15, 0.2) is 4.96 Å². The Morgan fingerprint density at radius 1 is 1.36 bits per heavy atom. The maximum atomic E-state index is 12.8. The van der Waals surface area contributed by atoms with E-state index in [1.807, 2.05) is 20.9 Å². The highest BCUT2D eigenvalue weighted by Crippen LogP contribution is 2.21. The predicted octanol–water partition coefficient (Wildman–Crippen LogP) is 2.02. The molecule has 0 aromatic carbocycles. The SMILES string of the molecule is C=CCNc1ncnc2c1CCN(C(=O)c1cn3ccsc3n1)CC2. The molecule has 0 aliphatic carbocycles. The summed E-state index contributed by atoms with van der Waals surface area (Å²) in [6, 6.07) is 0. The van der Waals surface area contributed by atoms with E-state index >= 15 is 0 Å². The van der Waals surface area contributed by atoms with Crippen molar-refractivity contribution >= 4 is 28.0 Å². The second-order valence-electron chi connectivity index (χ2n) is 5.83. The average Bonchev–Trinajstić information content (AvgIpc) is 3.15. The normalized spacial score (nSPS) is 14.2. The topological polar surface area (TPSA) is 75.4 Å². The van der Waals surface area contributed by atoms with E-state index in [0.29, 0.717) is 31.7 Å². The van der Waals surface area contributed by atoms with Gasteiger partial charge in [0.1, 0.15) is 17.8 Å². The Morgan fingerprint density at radius 3 is 3.08 bits per heavy atom. The lowest BCUT2D eigenvalue weighted by Crippen LogP contribution is -2.33. The number of hydrogen-bond acceptors (Lipinski definition) is 6. The fourth-order valence-electron chi connectivity index (χ4n) is 3.04. The van der Waals surface area contributed by atoms with Gasteiger partial charge in [0.05, 0.1) is 5.69 Å². The molecule has 0 saturated carbocycles. The minimum atomic E-state index is -0.0303. The molecule has 0 radical (unpaired) electrons. The molecule has 1 amide bonds. The Balaban J connectivity index is 1.54. The monoisotopic (exact) mass is 354 g/mol. The summed E-state index contributed by atoms with van der Waals surface area (Å²) < 4.78 is 1.88. The van der Waals surface area contributed by atoms with E-state index < -0.39 is 0 Å². The molecule has 0 bridgehead atoms. The lowest BCUT2D eigenvalue weighted by atomic mass is 10.1. The Kier molecular flexibility index (Phi) is 4.19. The van der Waals surface area contributed by atoms with E-state index in [0.717, 1.165) is 28.5 Å². The molecule has 1 aliphatic rings. The van der Waals surface area contributed by atoms with E-state index in [9.17, 15) is 4.79 Å². The number of imidazole rings is 1. The van der Waals surface area contributed by atoms with E-state index in [-0.39, 0.29) is 5.91 Å². The third-order valence-corrected chi connectivity index (χ3v) is 5.07. The van der Waals surface area contributed by atoms with Crippen LogP contribution < -0.4 is 5.32 Å². The number of anilines is 1. The molecule has 1 N–H and O–H groups in total. The quantitative estimate of drug-likeness (QED) is 0.726. The van der Waals surface area contributed by atoms with Crippen LogP contribution in [-0.2, 0) is 12.8 Å². The van der Waals surface area contributed by atoms with Gasteiger partial charge in [-0.15, -0.1) is 17.9 Å². The standard InChI is InChI=1S/C17H18N6OS/c1-2-5-18-15-12-3-6-22(7-4-13(12)19-11-20-15)16(24)14-10-23-8-9-25-17(23)21-14/h2,8-11H,1,3-7H2,(H,18,19,20). The first kappa shape index (κ1) is 15.8. The Labute approximate surface area is 149 Å². The molecule has 0 atom stereocenters. The summed E-state index contributed by atoms with van der Waals surface area (Å²) >= 11 is 1.52.